The van der Waals surface area contributed by atoms with Crippen molar-refractivity contribution in [1.29, 1.82) is 0 Å². The van der Waals surface area contributed by atoms with Crippen LogP contribution in [0.2, 0.25) is 0 Å². The van der Waals surface area contributed by atoms with Gasteiger partial charge in [-0.2, -0.15) is 121 Å². The first-order chi connectivity index (χ1) is 37.3. The molecule has 0 aromatic heterocycles. The molecule has 0 heterocycles. The van der Waals surface area contributed by atoms with E-state index in [1.54, 1.807) is 0 Å². The van der Waals surface area contributed by atoms with Crippen LogP contribution in [0.4, 0.5) is 0 Å². The normalized spacial score (nSPS) is 9.46. The van der Waals surface area contributed by atoms with Gasteiger partial charge in [-0.05, 0) is 47.1 Å². The summed E-state index contributed by atoms with van der Waals surface area (Å²) in [5, 5.41) is 0. The van der Waals surface area contributed by atoms with E-state index in [0.717, 1.165) is 47.1 Å². The Hall–Kier alpha value is -3.71. The van der Waals surface area contributed by atoms with E-state index in [1.165, 1.54) is 72.3 Å². The quantitative estimate of drug-likeness (QED) is 0.155. The third-order valence-corrected chi connectivity index (χ3v) is 11.2. The first-order valence-corrected chi connectivity index (χ1v) is 28.6. The van der Waals surface area contributed by atoms with Gasteiger partial charge in [-0.25, -0.2) is 33.4 Å². The molecule has 405 valence electrons. The number of fused-ring (bicyclic) bond motifs is 9. The third-order valence-electron chi connectivity index (χ3n) is 11.2. The maximum atomic E-state index is 3.56. The van der Waals surface area contributed by atoms with Crippen molar-refractivity contribution in [3.05, 3.63) is 252 Å². The molecular formula is C75H90Y3-6. The largest absolute Gasteiger partial charge is 0.226 e. The minimum Gasteiger partial charge on any atom is -0.226 e. The van der Waals surface area contributed by atoms with E-state index in [9.17, 15) is 0 Å². The van der Waals surface area contributed by atoms with Crippen LogP contribution in [0.1, 0.15) is 158 Å². The van der Waals surface area contributed by atoms with E-state index in [-0.39, 0.29) is 98.1 Å². The molecule has 0 saturated heterocycles. The van der Waals surface area contributed by atoms with Gasteiger partial charge in [0.25, 0.3) is 0 Å². The van der Waals surface area contributed by atoms with Crippen molar-refractivity contribution in [2.75, 3.05) is 0 Å². The summed E-state index contributed by atoms with van der Waals surface area (Å²) in [6.07, 6.45) is 3.02. The minimum absolute atomic E-state index is 0. The summed E-state index contributed by atoms with van der Waals surface area (Å²) in [6.45, 7) is 36.0. The fourth-order valence-corrected chi connectivity index (χ4v) is 8.44. The van der Waals surface area contributed by atoms with Crippen molar-refractivity contribution in [2.45, 2.75) is 144 Å². The molecule has 0 unspecified atom stereocenters. The summed E-state index contributed by atoms with van der Waals surface area (Å²) >= 11 is 0. The van der Waals surface area contributed by atoms with E-state index in [2.05, 4.69) is 164 Å². The van der Waals surface area contributed by atoms with Crippen LogP contribution in [0, 0.1) is 36.4 Å². The fraction of sp³-hybridized carbons (Fsp3) is 0.280. The summed E-state index contributed by atoms with van der Waals surface area (Å²) in [6, 6.07) is 83.3. The second-order valence-corrected chi connectivity index (χ2v) is 14.6. The van der Waals surface area contributed by atoms with Crippen LogP contribution in [0.25, 0.3) is 66.8 Å². The summed E-state index contributed by atoms with van der Waals surface area (Å²) < 4.78 is 0. The molecule has 0 fully saturated rings. The average molecular weight is 1260 g/mol. The summed E-state index contributed by atoms with van der Waals surface area (Å²) in [7, 11) is 0. The van der Waals surface area contributed by atoms with Crippen molar-refractivity contribution < 1.29 is 98.1 Å². The van der Waals surface area contributed by atoms with Gasteiger partial charge in [-0.15, -0.1) is 52.6 Å². The van der Waals surface area contributed by atoms with E-state index in [0.29, 0.717) is 0 Å². The van der Waals surface area contributed by atoms with Gasteiger partial charge in [0.15, 0.2) is 0 Å². The molecule has 0 nitrogen and oxygen atoms in total. The number of hydrogen-bond donors (Lipinski definition) is 0. The number of benzene rings is 9. The van der Waals surface area contributed by atoms with Crippen molar-refractivity contribution in [1.82, 2.24) is 0 Å². The molecule has 0 amide bonds. The Balaban J connectivity index is -0.000000928. The third kappa shape index (κ3) is 22.0. The molecule has 3 aliphatic carbocycles. The van der Waals surface area contributed by atoms with Crippen LogP contribution in [-0.4, -0.2) is 0 Å². The van der Waals surface area contributed by atoms with Crippen LogP contribution in [0.3, 0.4) is 0 Å². The van der Waals surface area contributed by atoms with E-state index in [4.69, 9.17) is 0 Å². The van der Waals surface area contributed by atoms with Crippen molar-refractivity contribution in [3.63, 3.8) is 0 Å². The molecule has 0 N–H and O–H groups in total. The van der Waals surface area contributed by atoms with Crippen molar-refractivity contribution in [2.24, 2.45) is 0 Å². The van der Waals surface area contributed by atoms with Crippen LogP contribution in [0.5, 0.6) is 0 Å². The van der Waals surface area contributed by atoms with Crippen LogP contribution in [0.15, 0.2) is 182 Å². The minimum atomic E-state index is 0. The van der Waals surface area contributed by atoms with Gasteiger partial charge in [0, 0.05) is 98.1 Å². The Labute approximate surface area is 554 Å². The van der Waals surface area contributed by atoms with E-state index >= 15 is 0 Å². The molecule has 9 aromatic rings. The van der Waals surface area contributed by atoms with Crippen molar-refractivity contribution >= 4 is 0 Å². The zero-order valence-corrected chi connectivity index (χ0v) is 59.7. The van der Waals surface area contributed by atoms with Gasteiger partial charge in [-0.1, -0.05) is 209 Å². The first kappa shape index (κ1) is 78.5. The average Bonchev–Trinajstić information content (AvgIpc) is 4.24. The van der Waals surface area contributed by atoms with Crippen LogP contribution < -0.4 is 0 Å². The Morgan fingerprint density at radius 1 is 0.269 bits per heavy atom. The molecule has 0 bridgehead atoms. The molecule has 0 aliphatic heterocycles. The van der Waals surface area contributed by atoms with Crippen molar-refractivity contribution in [3.8, 4) is 66.8 Å². The molecule has 78 heavy (non-hydrogen) atoms. The van der Waals surface area contributed by atoms with Crippen LogP contribution in [-0.2, 0) is 117 Å². The Morgan fingerprint density at radius 2 is 0.679 bits per heavy atom. The molecule has 0 atom stereocenters. The molecule has 0 spiro atoms. The molecule has 3 aliphatic rings. The zero-order valence-electron chi connectivity index (χ0n) is 51.2. The number of rotatable bonds is 3. The standard InChI is InChI=1S/3C19H12.9C2H6.3Y/c1-2-7-14(8-3-1)16-11-6-12-18-17-10-5-4-9-15(17)13-19(16)18;1-2-6-14(7-3-1)15-10-11-17-12-16-8-4-5-9-18(16)19(17)13-15;1-2-6-14(7-3-1)15-10-11-19-17(12-15)13-16-8-4-5-9-18(16)19;9*1-2;;;/h1-7,9-10,12H,13H2;1-6,8-9,11,13H,12H2;1-6,8-11H,13H2;9*1-2H3;;;/q3*-2;;;;;;;;;;;;. The van der Waals surface area contributed by atoms with Gasteiger partial charge in [-0.3, -0.25) is 0 Å². The fourth-order valence-electron chi connectivity index (χ4n) is 8.44. The predicted octanol–water partition coefficient (Wildman–Crippen LogP) is 22.8. The second-order valence-electron chi connectivity index (χ2n) is 14.6. The first-order valence-electron chi connectivity index (χ1n) is 28.6. The van der Waals surface area contributed by atoms with Gasteiger partial charge in [0.1, 0.15) is 0 Å². The maximum Gasteiger partial charge on any atom is 0 e. The molecule has 3 radical (unpaired) electrons. The second kappa shape index (κ2) is 48.0. The smallest absolute Gasteiger partial charge is 0 e. The Bertz CT molecular complexity index is 2860. The molecule has 12 rings (SSSR count). The van der Waals surface area contributed by atoms with E-state index in [1.807, 2.05) is 179 Å². The van der Waals surface area contributed by atoms with Gasteiger partial charge < -0.3 is 0 Å². The monoisotopic (exact) mass is 1260 g/mol. The van der Waals surface area contributed by atoms with Crippen LogP contribution >= 0.6 is 0 Å². The summed E-state index contributed by atoms with van der Waals surface area (Å²) in [4.78, 5) is 0. The van der Waals surface area contributed by atoms with Gasteiger partial charge in [0.2, 0.25) is 0 Å². The summed E-state index contributed by atoms with van der Waals surface area (Å²) in [5.41, 5.74) is 23.2. The Kier molecular flexibility index (Phi) is 48.4. The maximum absolute atomic E-state index is 3.56. The number of hydrogen-bond acceptors (Lipinski definition) is 0. The molecule has 3 heteroatoms. The molecular weight excluding hydrogens is 1170 g/mol. The Morgan fingerprint density at radius 3 is 1.17 bits per heavy atom. The van der Waals surface area contributed by atoms with E-state index < -0.39 is 0 Å². The SMILES string of the molecule is CC.CC.CC.CC.CC.CC.CC.CC.CC.[Y].[Y].[Y].[c-]1ccccc1-c1[c-]c2c(cc1)-c1ccccc1C2.[c-]1ccccc1-c1[c-]cc2c(c1)-c1ccccc1C2.[c-]1ccccc1-c1[c-]ccc2c1Cc1ccccc1-2. The zero-order chi connectivity index (χ0) is 56.0. The summed E-state index contributed by atoms with van der Waals surface area (Å²) in [5.74, 6) is 0. The van der Waals surface area contributed by atoms with Gasteiger partial charge >= 0.3 is 0 Å². The predicted molar refractivity (Wildman–Crippen MR) is 336 cm³/mol. The molecule has 0 saturated carbocycles. The molecule has 9 aromatic carbocycles. The van der Waals surface area contributed by atoms with Gasteiger partial charge in [0.05, 0.1) is 0 Å². The topological polar surface area (TPSA) is 0 Å².